The van der Waals surface area contributed by atoms with Crippen LogP contribution < -0.4 is 16.5 Å². The van der Waals surface area contributed by atoms with Gasteiger partial charge in [-0.15, -0.1) is 0 Å². The lowest BCUT2D eigenvalue weighted by atomic mass is 10.1. The summed E-state index contributed by atoms with van der Waals surface area (Å²) < 4.78 is 27.0. The Bertz CT molecular complexity index is 1400. The first-order valence-electron chi connectivity index (χ1n) is 11.1. The average molecular weight is 531 g/mol. The predicted molar refractivity (Wildman–Crippen MR) is 144 cm³/mol. The quantitative estimate of drug-likeness (QED) is 0.215. The third-order valence-electron chi connectivity index (χ3n) is 5.25. The summed E-state index contributed by atoms with van der Waals surface area (Å²) in [6, 6.07) is 12.0. The van der Waals surface area contributed by atoms with Crippen molar-refractivity contribution in [1.29, 1.82) is 0 Å². The molecular weight excluding hydrogens is 500 g/mol. The summed E-state index contributed by atoms with van der Waals surface area (Å²) in [5.74, 6) is 5.70. The van der Waals surface area contributed by atoms with Crippen LogP contribution in [0.4, 0.5) is 9.93 Å². The van der Waals surface area contributed by atoms with Gasteiger partial charge in [0.2, 0.25) is 15.9 Å². The second kappa shape index (κ2) is 11.6. The minimum Gasteiger partial charge on any atom is -0.396 e. The lowest BCUT2D eigenvalue weighted by Crippen LogP contribution is -2.31. The van der Waals surface area contributed by atoms with Crippen LogP contribution >= 0.6 is 11.3 Å². The number of nitrogens with zero attached hydrogens (tertiary/aromatic N) is 3. The molecule has 2 amide bonds. The highest BCUT2D eigenvalue weighted by molar-refractivity contribution is 7.89. The molecular formula is C24H30N6O4S2. The predicted octanol–water partition coefficient (Wildman–Crippen LogP) is 4.18. The van der Waals surface area contributed by atoms with Gasteiger partial charge in [0, 0.05) is 32.8 Å². The fourth-order valence-electron chi connectivity index (χ4n) is 3.06. The third kappa shape index (κ3) is 6.66. The maximum absolute atomic E-state index is 12.5. The first-order valence-corrected chi connectivity index (χ1v) is 13.4. The molecule has 0 saturated heterocycles. The highest BCUT2D eigenvalue weighted by Crippen LogP contribution is 2.31. The molecule has 1 heterocycles. The Labute approximate surface area is 214 Å². The van der Waals surface area contributed by atoms with E-state index >= 15 is 0 Å². The fourth-order valence-corrected chi connectivity index (χ4v) is 4.91. The number of allylic oxidation sites excluding steroid dienone is 1. The van der Waals surface area contributed by atoms with Crippen molar-refractivity contribution in [3.05, 3.63) is 54.7 Å². The van der Waals surface area contributed by atoms with Gasteiger partial charge in [0.25, 0.3) is 0 Å². The van der Waals surface area contributed by atoms with E-state index in [-0.39, 0.29) is 23.3 Å². The van der Waals surface area contributed by atoms with Gasteiger partial charge in [-0.05, 0) is 41.3 Å². The molecule has 0 saturated carbocycles. The largest absolute Gasteiger partial charge is 0.396 e. The van der Waals surface area contributed by atoms with E-state index in [1.807, 2.05) is 38.1 Å². The van der Waals surface area contributed by atoms with Gasteiger partial charge in [0.05, 0.1) is 15.1 Å². The third-order valence-corrected chi connectivity index (χ3v) is 7.99. The molecule has 0 fully saturated rings. The van der Waals surface area contributed by atoms with E-state index in [1.54, 1.807) is 18.2 Å². The van der Waals surface area contributed by atoms with Gasteiger partial charge in [-0.25, -0.2) is 27.5 Å². The van der Waals surface area contributed by atoms with Crippen molar-refractivity contribution in [2.75, 3.05) is 26.0 Å². The molecule has 3 aromatic rings. The number of nitrogens with two attached hydrogens (primary N) is 1. The average Bonchev–Trinajstić information content (AvgIpc) is 3.24. The number of aliphatic imine (C=N–C) groups is 1. The number of fused-ring (bicyclic) bond motifs is 1. The van der Waals surface area contributed by atoms with Crippen molar-refractivity contribution in [3.63, 3.8) is 0 Å². The first kappa shape index (κ1) is 27.3. The molecule has 0 aliphatic heterocycles. The Balaban J connectivity index is 1.68. The van der Waals surface area contributed by atoms with E-state index in [0.717, 1.165) is 15.8 Å². The number of carbonyl (C=O) groups is 1. The fraction of sp³-hybridized carbons (Fsp3) is 0.292. The van der Waals surface area contributed by atoms with Crippen molar-refractivity contribution < 1.29 is 18.0 Å². The first-order chi connectivity index (χ1) is 17.0. The van der Waals surface area contributed by atoms with Gasteiger partial charge in [0.1, 0.15) is 0 Å². The highest BCUT2D eigenvalue weighted by atomic mass is 32.2. The van der Waals surface area contributed by atoms with E-state index in [9.17, 15) is 13.2 Å². The van der Waals surface area contributed by atoms with Crippen LogP contribution in [0.3, 0.4) is 0 Å². The van der Waals surface area contributed by atoms with Crippen LogP contribution in [-0.4, -0.2) is 50.3 Å². The van der Waals surface area contributed by atoms with E-state index in [0.29, 0.717) is 22.8 Å². The molecule has 0 aliphatic rings. The van der Waals surface area contributed by atoms with Crippen molar-refractivity contribution >= 4 is 48.6 Å². The van der Waals surface area contributed by atoms with Gasteiger partial charge < -0.3 is 10.2 Å². The van der Waals surface area contributed by atoms with Crippen LogP contribution in [0.25, 0.3) is 21.3 Å². The van der Waals surface area contributed by atoms with Crippen LogP contribution in [0.2, 0.25) is 0 Å². The molecule has 0 spiro atoms. The minimum absolute atomic E-state index is 0.154. The molecule has 0 atom stereocenters. The van der Waals surface area contributed by atoms with Crippen molar-refractivity contribution in [2.45, 2.75) is 25.2 Å². The molecule has 1 aromatic heterocycles. The highest BCUT2D eigenvalue weighted by Gasteiger charge is 2.18. The zero-order valence-electron chi connectivity index (χ0n) is 20.6. The Morgan fingerprint density at radius 2 is 1.94 bits per heavy atom. The number of hydrogen-bond acceptors (Lipinski definition) is 8. The van der Waals surface area contributed by atoms with Crippen molar-refractivity contribution in [2.24, 2.45) is 16.8 Å². The number of thiazole rings is 1. The molecule has 0 aliphatic carbocycles. The van der Waals surface area contributed by atoms with Crippen LogP contribution in [0, 0.1) is 5.92 Å². The SMILES string of the molecule is C=C(/N=C(/CCNC(=O)Nc1nc2ccc(-c3cccc(S(=O)(=O)N(C)C)c3)cc2s1)ON)C(C)C. The molecule has 0 unspecified atom stereocenters. The van der Waals surface area contributed by atoms with Crippen LogP contribution in [-0.2, 0) is 14.9 Å². The molecule has 4 N–H and O–H groups in total. The number of aromatic nitrogens is 1. The summed E-state index contributed by atoms with van der Waals surface area (Å²) in [6.07, 6.45) is 0.307. The number of sulfonamides is 1. The second-order valence-corrected chi connectivity index (χ2v) is 11.6. The molecule has 10 nitrogen and oxygen atoms in total. The maximum atomic E-state index is 12.5. The van der Waals surface area contributed by atoms with Gasteiger partial charge in [-0.2, -0.15) is 5.90 Å². The molecule has 0 radical (unpaired) electrons. The minimum atomic E-state index is -3.54. The lowest BCUT2D eigenvalue weighted by molar-refractivity contribution is 0.252. The number of hydrogen-bond donors (Lipinski definition) is 3. The van der Waals surface area contributed by atoms with E-state index in [4.69, 9.17) is 10.7 Å². The molecule has 192 valence electrons. The van der Waals surface area contributed by atoms with Gasteiger partial charge in [-0.1, -0.05) is 50.0 Å². The molecule has 3 rings (SSSR count). The Kier molecular flexibility index (Phi) is 8.79. The summed E-state index contributed by atoms with van der Waals surface area (Å²) in [5.41, 5.74) is 2.96. The number of anilines is 1. The molecule has 0 bridgehead atoms. The van der Waals surface area contributed by atoms with Gasteiger partial charge >= 0.3 is 6.03 Å². The van der Waals surface area contributed by atoms with Crippen LogP contribution in [0.1, 0.15) is 20.3 Å². The number of urea groups is 1. The summed E-state index contributed by atoms with van der Waals surface area (Å²) in [7, 11) is -0.545. The summed E-state index contributed by atoms with van der Waals surface area (Å²) in [4.78, 5) is 26.0. The molecule has 12 heteroatoms. The van der Waals surface area contributed by atoms with Crippen molar-refractivity contribution in [1.82, 2.24) is 14.6 Å². The van der Waals surface area contributed by atoms with Gasteiger partial charge in [0.15, 0.2) is 5.13 Å². The summed E-state index contributed by atoms with van der Waals surface area (Å²) in [6.45, 7) is 8.02. The van der Waals surface area contributed by atoms with E-state index < -0.39 is 16.1 Å². The Hall–Kier alpha value is -3.32. The zero-order chi connectivity index (χ0) is 26.5. The van der Waals surface area contributed by atoms with Crippen molar-refractivity contribution in [3.8, 4) is 11.1 Å². The van der Waals surface area contributed by atoms with Crippen LogP contribution in [0.5, 0.6) is 0 Å². The van der Waals surface area contributed by atoms with Crippen LogP contribution in [0.15, 0.2) is 64.6 Å². The number of rotatable bonds is 9. The molecule has 36 heavy (non-hydrogen) atoms. The summed E-state index contributed by atoms with van der Waals surface area (Å²) >= 11 is 1.32. The second-order valence-electron chi connectivity index (χ2n) is 8.42. The zero-order valence-corrected chi connectivity index (χ0v) is 22.2. The van der Waals surface area contributed by atoms with E-state index in [1.165, 1.54) is 29.7 Å². The molecule has 2 aromatic carbocycles. The smallest absolute Gasteiger partial charge is 0.321 e. The normalized spacial score (nSPS) is 12.2. The Morgan fingerprint density at radius 1 is 1.22 bits per heavy atom. The number of benzene rings is 2. The monoisotopic (exact) mass is 530 g/mol. The topological polar surface area (TPSA) is 139 Å². The lowest BCUT2D eigenvalue weighted by Gasteiger charge is -2.12. The Morgan fingerprint density at radius 3 is 2.61 bits per heavy atom. The number of nitrogens with one attached hydrogen (secondary N) is 2. The number of amides is 2. The summed E-state index contributed by atoms with van der Waals surface area (Å²) in [5, 5.41) is 5.88. The number of carbonyl (C=O) groups excluding carboxylic acids is 1. The van der Waals surface area contributed by atoms with Gasteiger partial charge in [-0.3, -0.25) is 5.32 Å². The van der Waals surface area contributed by atoms with E-state index in [2.05, 4.69) is 27.2 Å². The standard InChI is InChI=1S/C24H30N6O4S2/c1-15(2)16(3)27-22(34-25)11-12-26-23(31)29-24-28-20-10-9-18(14-21(20)35-24)17-7-6-8-19(13-17)36(32,33)30(4)5/h6-10,13-15H,3,11-12,25H2,1-2,4-5H3,(H2,26,28,29,31)/b27-22-. The maximum Gasteiger partial charge on any atom is 0.321 e.